The summed E-state index contributed by atoms with van der Waals surface area (Å²) in [5.74, 6) is -1.04. The number of nitrogens with one attached hydrogen (secondary N) is 2. The Morgan fingerprint density at radius 1 is 1.47 bits per heavy atom. The van der Waals surface area contributed by atoms with E-state index in [1.165, 1.54) is 6.20 Å². The summed E-state index contributed by atoms with van der Waals surface area (Å²) in [6.07, 6.45) is 3.55. The summed E-state index contributed by atoms with van der Waals surface area (Å²) in [7, 11) is 0. The number of carbonyl (C=O) groups is 2. The van der Waals surface area contributed by atoms with Gasteiger partial charge in [-0.3, -0.25) is 4.79 Å². The fourth-order valence-corrected chi connectivity index (χ4v) is 0.848. The zero-order valence-electron chi connectivity index (χ0n) is 9.12. The maximum Gasteiger partial charge on any atom is 0.329 e. The van der Waals surface area contributed by atoms with Crippen LogP contribution in [0.5, 0.6) is 0 Å². The molecule has 86 valence electrons. The highest BCUT2D eigenvalue weighted by Gasteiger charge is 2.03. The van der Waals surface area contributed by atoms with Crippen LogP contribution < -0.4 is 10.6 Å². The molecule has 0 spiro atoms. The van der Waals surface area contributed by atoms with Crippen molar-refractivity contribution in [3.05, 3.63) is 12.3 Å². The van der Waals surface area contributed by atoms with Gasteiger partial charge in [-0.05, 0) is 13.3 Å². The van der Waals surface area contributed by atoms with Gasteiger partial charge in [0.25, 0.3) is 0 Å². The minimum absolute atomic E-state index is 0.0272. The van der Waals surface area contributed by atoms with Crippen LogP contribution in [0.3, 0.4) is 0 Å². The van der Waals surface area contributed by atoms with Crippen molar-refractivity contribution < 1.29 is 14.7 Å². The van der Waals surface area contributed by atoms with E-state index in [4.69, 9.17) is 5.11 Å². The molecule has 0 saturated heterocycles. The first-order valence-corrected chi connectivity index (χ1v) is 4.98. The van der Waals surface area contributed by atoms with Gasteiger partial charge in [0.05, 0.1) is 0 Å². The number of hydrogen-bond donors (Lipinski definition) is 3. The van der Waals surface area contributed by atoms with Crippen molar-refractivity contribution in [2.45, 2.75) is 32.7 Å². The summed E-state index contributed by atoms with van der Waals surface area (Å²) in [5.41, 5.74) is 0. The highest BCUT2D eigenvalue weighted by atomic mass is 16.4. The standard InChI is InChI=1S/C10H18N2O3/c1-3-8(2)12-9(13)4-6-11-7-5-10(14)15/h5,7-8,11H,3-4,6H2,1-2H3,(H,12,13)(H,14,15)/b7-5+. The van der Waals surface area contributed by atoms with Crippen LogP contribution in [0.4, 0.5) is 0 Å². The average molecular weight is 214 g/mol. The third kappa shape index (κ3) is 8.80. The number of aliphatic carboxylic acids is 1. The van der Waals surface area contributed by atoms with Crippen molar-refractivity contribution in [3.8, 4) is 0 Å². The Balaban J connectivity index is 3.51. The molecule has 0 radical (unpaired) electrons. The Kier molecular flexibility index (Phi) is 7.05. The Hall–Kier alpha value is -1.52. The fourth-order valence-electron chi connectivity index (χ4n) is 0.848. The molecule has 0 fully saturated rings. The van der Waals surface area contributed by atoms with E-state index in [2.05, 4.69) is 10.6 Å². The minimum Gasteiger partial charge on any atom is -0.478 e. The molecule has 5 heteroatoms. The third-order valence-electron chi connectivity index (χ3n) is 1.86. The molecule has 0 bridgehead atoms. The van der Waals surface area contributed by atoms with Crippen LogP contribution in [0, 0.1) is 0 Å². The fraction of sp³-hybridized carbons (Fsp3) is 0.600. The van der Waals surface area contributed by atoms with E-state index < -0.39 is 5.97 Å². The van der Waals surface area contributed by atoms with Gasteiger partial charge in [-0.1, -0.05) is 6.92 Å². The van der Waals surface area contributed by atoms with E-state index in [0.29, 0.717) is 13.0 Å². The molecule has 1 amide bonds. The first-order chi connectivity index (χ1) is 7.06. The molecule has 0 rings (SSSR count). The van der Waals surface area contributed by atoms with Crippen molar-refractivity contribution in [1.29, 1.82) is 0 Å². The van der Waals surface area contributed by atoms with E-state index in [1.54, 1.807) is 0 Å². The van der Waals surface area contributed by atoms with Crippen molar-refractivity contribution in [1.82, 2.24) is 10.6 Å². The quantitative estimate of drug-likeness (QED) is 0.425. The second-order valence-corrected chi connectivity index (χ2v) is 3.25. The van der Waals surface area contributed by atoms with Gasteiger partial charge in [0.2, 0.25) is 5.91 Å². The molecule has 0 aliphatic rings. The first-order valence-electron chi connectivity index (χ1n) is 4.98. The van der Waals surface area contributed by atoms with Gasteiger partial charge in [-0.2, -0.15) is 0 Å². The molecule has 0 heterocycles. The van der Waals surface area contributed by atoms with Crippen LogP contribution >= 0.6 is 0 Å². The maximum absolute atomic E-state index is 11.2. The van der Waals surface area contributed by atoms with Gasteiger partial charge >= 0.3 is 5.97 Å². The Labute approximate surface area is 89.6 Å². The summed E-state index contributed by atoms with van der Waals surface area (Å²) in [5, 5.41) is 13.8. The van der Waals surface area contributed by atoms with Crippen LogP contribution in [0.15, 0.2) is 12.3 Å². The topological polar surface area (TPSA) is 78.4 Å². The number of carboxylic acids is 1. The molecule has 15 heavy (non-hydrogen) atoms. The highest BCUT2D eigenvalue weighted by Crippen LogP contribution is 1.88. The number of hydrogen-bond acceptors (Lipinski definition) is 3. The lowest BCUT2D eigenvalue weighted by Crippen LogP contribution is -2.33. The van der Waals surface area contributed by atoms with E-state index in [1.807, 2.05) is 13.8 Å². The molecule has 0 aromatic heterocycles. The zero-order valence-corrected chi connectivity index (χ0v) is 9.12. The predicted octanol–water partition coefficient (Wildman–Crippen LogP) is 0.479. The van der Waals surface area contributed by atoms with Crippen LogP contribution in [0.25, 0.3) is 0 Å². The van der Waals surface area contributed by atoms with Gasteiger partial charge in [0.1, 0.15) is 0 Å². The lowest BCUT2D eigenvalue weighted by atomic mass is 10.2. The second-order valence-electron chi connectivity index (χ2n) is 3.25. The summed E-state index contributed by atoms with van der Waals surface area (Å²) in [6.45, 7) is 4.38. The molecule has 0 aliphatic heterocycles. The molecular weight excluding hydrogens is 196 g/mol. The molecule has 0 saturated carbocycles. The van der Waals surface area contributed by atoms with E-state index in [9.17, 15) is 9.59 Å². The van der Waals surface area contributed by atoms with Gasteiger partial charge in [-0.15, -0.1) is 0 Å². The minimum atomic E-state index is -1.01. The lowest BCUT2D eigenvalue weighted by molar-refractivity contribution is -0.131. The molecule has 0 aromatic rings. The zero-order chi connectivity index (χ0) is 11.7. The molecule has 1 atom stereocenters. The highest BCUT2D eigenvalue weighted by molar-refractivity contribution is 5.79. The normalized spacial score (nSPS) is 12.4. The van der Waals surface area contributed by atoms with Crippen LogP contribution in [0.2, 0.25) is 0 Å². The SMILES string of the molecule is CCC(C)NC(=O)CCN/C=C/C(=O)O. The van der Waals surface area contributed by atoms with Gasteiger partial charge < -0.3 is 15.7 Å². The number of amides is 1. The maximum atomic E-state index is 11.2. The third-order valence-corrected chi connectivity index (χ3v) is 1.86. The largest absolute Gasteiger partial charge is 0.478 e. The smallest absolute Gasteiger partial charge is 0.329 e. The van der Waals surface area contributed by atoms with Gasteiger partial charge in [-0.25, -0.2) is 4.79 Å². The van der Waals surface area contributed by atoms with Gasteiger partial charge in [0.15, 0.2) is 0 Å². The van der Waals surface area contributed by atoms with Crippen LogP contribution in [0.1, 0.15) is 26.7 Å². The number of rotatable bonds is 7. The van der Waals surface area contributed by atoms with E-state index in [-0.39, 0.29) is 11.9 Å². The molecule has 3 N–H and O–H groups in total. The van der Waals surface area contributed by atoms with Crippen LogP contribution in [-0.4, -0.2) is 29.6 Å². The number of carboxylic acid groups (broad SMARTS) is 1. The van der Waals surface area contributed by atoms with Crippen molar-refractivity contribution in [3.63, 3.8) is 0 Å². The Bertz CT molecular complexity index is 239. The number of carbonyl (C=O) groups excluding carboxylic acids is 1. The van der Waals surface area contributed by atoms with Crippen LogP contribution in [-0.2, 0) is 9.59 Å². The second kappa shape index (κ2) is 7.84. The summed E-state index contributed by atoms with van der Waals surface area (Å²) in [6, 6.07) is 0.187. The first kappa shape index (κ1) is 13.5. The monoisotopic (exact) mass is 214 g/mol. The van der Waals surface area contributed by atoms with Crippen molar-refractivity contribution >= 4 is 11.9 Å². The Morgan fingerprint density at radius 2 is 2.13 bits per heavy atom. The van der Waals surface area contributed by atoms with Crippen molar-refractivity contribution in [2.24, 2.45) is 0 Å². The van der Waals surface area contributed by atoms with E-state index >= 15 is 0 Å². The summed E-state index contributed by atoms with van der Waals surface area (Å²) >= 11 is 0. The van der Waals surface area contributed by atoms with Crippen molar-refractivity contribution in [2.75, 3.05) is 6.54 Å². The van der Waals surface area contributed by atoms with E-state index in [0.717, 1.165) is 12.5 Å². The molecular formula is C10H18N2O3. The predicted molar refractivity (Wildman–Crippen MR) is 57.3 cm³/mol. The molecule has 0 aromatic carbocycles. The molecule has 0 aliphatic carbocycles. The average Bonchev–Trinajstić information content (AvgIpc) is 2.16. The summed E-state index contributed by atoms with van der Waals surface area (Å²) in [4.78, 5) is 21.3. The van der Waals surface area contributed by atoms with Gasteiger partial charge in [0, 0.05) is 31.3 Å². The molecule has 5 nitrogen and oxygen atoms in total. The summed E-state index contributed by atoms with van der Waals surface area (Å²) < 4.78 is 0. The Morgan fingerprint density at radius 3 is 2.67 bits per heavy atom. The molecule has 1 unspecified atom stereocenters. The lowest BCUT2D eigenvalue weighted by Gasteiger charge is -2.10.